The molecule has 0 N–H and O–H groups in total. The molecule has 0 heterocycles. The fourth-order valence-electron chi connectivity index (χ4n) is 27.5. The fourth-order valence-corrected chi connectivity index (χ4v) is 27.5. The van der Waals surface area contributed by atoms with Crippen LogP contribution in [-0.2, 0) is 16.2 Å². The van der Waals surface area contributed by atoms with Gasteiger partial charge in [0.05, 0.1) is 50.4 Å². The summed E-state index contributed by atoms with van der Waals surface area (Å²) in [7, 11) is 0. The van der Waals surface area contributed by atoms with Crippen molar-refractivity contribution in [1.29, 1.82) is 0 Å². The zero-order valence-electron chi connectivity index (χ0n) is 82.0. The number of hydrogen-bond donors (Lipinski definition) is 0. The molecule has 0 unspecified atom stereocenters. The van der Waals surface area contributed by atoms with Gasteiger partial charge in [0, 0.05) is 49.4 Å². The molecule has 0 saturated carbocycles. The molecule has 0 atom stereocenters. The van der Waals surface area contributed by atoms with Crippen LogP contribution in [0.1, 0.15) is 100 Å². The summed E-state index contributed by atoms with van der Waals surface area (Å²) in [6.07, 6.45) is 14.2. The largest absolute Gasteiger partial charge is 0.309 e. The maximum absolute atomic E-state index is 2.61. The summed E-state index contributed by atoms with van der Waals surface area (Å²) in [6.45, 7) is 0. The van der Waals surface area contributed by atoms with Gasteiger partial charge in [-0.25, -0.2) is 0 Å². The Bertz CT molecular complexity index is 8790. The van der Waals surface area contributed by atoms with Crippen LogP contribution in [0.5, 0.6) is 0 Å². The number of benzene rings is 25. The highest BCUT2D eigenvalue weighted by atomic mass is 15.2. The standard InChI is InChI=1S/C147H93N3/c1-7-43-109-100(31-1)37-25-61-133(109)148(134-62-26-38-101-32-2-8-44-110(101)134)106-82-73-94(74-83-106)67-70-97-79-88-121-130(91-97)145(124-55-19-13-49-115(124)116-50-14-20-56-125(116)145)142-139(121)143-141(123-90-81-99(93-132(123)146(143)126-57-21-15-51-117(126)118-52-16-22-58-127(118)146)72-69-96-77-86-108(87-78-96)150(137-65-29-41-104-35-5-11-47-113(104)137)138-66-30-42-105-36-6-12-48-114(105)138)144-140(142)122-89-80-98(92-131(122)147(144)128-59-23-17-53-119(128)120-54-18-24-60-129(120)147)71-68-95-75-84-107(85-76-95)149(135-63-27-39-102-33-3-9-45-111(102)135)136-64-28-40-103-34-4-10-46-112(103)136/h1-93H/b70-67+,71-68+,72-69+. The molecule has 0 aromatic heterocycles. The molecule has 0 aliphatic heterocycles. The SMILES string of the molecule is C(=C\c1ccc2c(c1)C1(c3ccccc3-c3ccccc31)c1c-2c2c(c3c1-c1ccc(/C=C/c4ccc(N(c5cccc6ccccc56)c5cccc6ccccc56)cc4)cc1C31c3ccccc3-c3ccccc31)-c1ccc(/C=C/c3ccc(N(c4cccc5ccccc45)c4cccc5ccccc45)cc3)cc1C21c2ccccc2-c2ccccc21)/c1ccc(N(c2cccc3ccccc23)c2cccc3ccccc23)cc1. The van der Waals surface area contributed by atoms with Gasteiger partial charge in [-0.15, -0.1) is 0 Å². The van der Waals surface area contributed by atoms with Crippen molar-refractivity contribution in [3.63, 3.8) is 0 Å². The zero-order valence-corrected chi connectivity index (χ0v) is 82.0. The Labute approximate surface area is 871 Å². The van der Waals surface area contributed by atoms with E-state index in [1.54, 1.807) is 0 Å². The van der Waals surface area contributed by atoms with Crippen molar-refractivity contribution >= 4 is 152 Å². The Morgan fingerprint density at radius 2 is 0.307 bits per heavy atom. The van der Waals surface area contributed by atoms with Crippen molar-refractivity contribution in [2.24, 2.45) is 0 Å². The first-order valence-electron chi connectivity index (χ1n) is 52.3. The normalized spacial score (nSPS) is 13.7. The monoisotopic (exact) mass is 1900 g/mol. The lowest BCUT2D eigenvalue weighted by atomic mass is 9.63. The van der Waals surface area contributed by atoms with Gasteiger partial charge in [-0.05, 0) is 290 Å². The van der Waals surface area contributed by atoms with Crippen molar-refractivity contribution in [3.05, 3.63) is 628 Å². The molecule has 0 amide bonds. The van der Waals surface area contributed by atoms with Gasteiger partial charge in [-0.1, -0.05) is 473 Å². The van der Waals surface area contributed by atoms with Crippen molar-refractivity contribution < 1.29 is 0 Å². The second-order valence-electron chi connectivity index (χ2n) is 41.0. The first-order chi connectivity index (χ1) is 74.4. The maximum atomic E-state index is 2.61. The summed E-state index contributed by atoms with van der Waals surface area (Å²) in [5, 5.41) is 14.3. The topological polar surface area (TPSA) is 9.72 Å². The Kier molecular flexibility index (Phi) is 18.9. The van der Waals surface area contributed by atoms with Crippen LogP contribution in [0.3, 0.4) is 0 Å². The molecule has 3 heteroatoms. The van der Waals surface area contributed by atoms with Crippen LogP contribution < -0.4 is 14.7 Å². The van der Waals surface area contributed by atoms with Gasteiger partial charge >= 0.3 is 0 Å². The van der Waals surface area contributed by atoms with Gasteiger partial charge in [0.15, 0.2) is 0 Å². The lowest BCUT2D eigenvalue weighted by Gasteiger charge is -2.37. The Balaban J connectivity index is 0.633. The van der Waals surface area contributed by atoms with Crippen LogP contribution in [0, 0.1) is 0 Å². The van der Waals surface area contributed by atoms with E-state index in [2.05, 4.69) is 579 Å². The van der Waals surface area contributed by atoms with Gasteiger partial charge in [0.2, 0.25) is 0 Å². The third-order valence-corrected chi connectivity index (χ3v) is 33.5. The molecule has 696 valence electrons. The van der Waals surface area contributed by atoms with Crippen LogP contribution in [0.15, 0.2) is 528 Å². The number of anilines is 9. The molecule has 31 rings (SSSR count). The van der Waals surface area contributed by atoms with Crippen LogP contribution in [0.25, 0.3) is 168 Å². The highest BCUT2D eigenvalue weighted by Crippen LogP contribution is 2.78. The summed E-state index contributed by atoms with van der Waals surface area (Å²) in [4.78, 5) is 7.36. The lowest BCUT2D eigenvalue weighted by molar-refractivity contribution is 0.764. The zero-order chi connectivity index (χ0) is 98.4. The summed E-state index contributed by atoms with van der Waals surface area (Å²) in [5.74, 6) is 0. The molecule has 0 saturated heterocycles. The number of nitrogens with zero attached hydrogens (tertiary/aromatic N) is 3. The molecule has 3 spiro atoms. The van der Waals surface area contributed by atoms with Crippen LogP contribution >= 0.6 is 0 Å². The van der Waals surface area contributed by atoms with Crippen LogP contribution in [0.4, 0.5) is 51.2 Å². The van der Waals surface area contributed by atoms with E-state index in [0.29, 0.717) is 0 Å². The molecular formula is C147H93N3. The molecule has 25 aromatic rings. The van der Waals surface area contributed by atoms with Gasteiger partial charge < -0.3 is 14.7 Å². The predicted molar refractivity (Wildman–Crippen MR) is 631 cm³/mol. The molecular weight excluding hydrogens is 1810 g/mol. The second-order valence-corrected chi connectivity index (χ2v) is 41.0. The average Bonchev–Trinajstić information content (AvgIpc) is 1.45. The third kappa shape index (κ3) is 12.3. The second kappa shape index (κ2) is 33.4. The van der Waals surface area contributed by atoms with E-state index in [-0.39, 0.29) is 0 Å². The molecule has 6 aliphatic rings. The molecule has 150 heavy (non-hydrogen) atoms. The minimum Gasteiger partial charge on any atom is -0.309 e. The quantitative estimate of drug-likeness (QED) is 0.0947. The molecule has 3 nitrogen and oxygen atoms in total. The highest BCUT2D eigenvalue weighted by molar-refractivity contribution is 6.16. The molecule has 25 aromatic carbocycles. The Morgan fingerprint density at radius 1 is 0.133 bits per heavy atom. The average molecular weight is 1900 g/mol. The Morgan fingerprint density at radius 3 is 0.520 bits per heavy atom. The van der Waals surface area contributed by atoms with E-state index in [1.165, 1.54) is 198 Å². The lowest BCUT2D eigenvalue weighted by Crippen LogP contribution is -2.31. The van der Waals surface area contributed by atoms with Crippen molar-refractivity contribution in [2.75, 3.05) is 14.7 Å². The Hall–Kier alpha value is -19.3. The minimum absolute atomic E-state index is 0.894. The molecule has 0 fully saturated rings. The number of rotatable bonds is 15. The van der Waals surface area contributed by atoms with Crippen molar-refractivity contribution in [1.82, 2.24) is 0 Å². The highest BCUT2D eigenvalue weighted by Gasteiger charge is 2.65. The smallest absolute Gasteiger partial charge is 0.0731 e. The van der Waals surface area contributed by atoms with Crippen LogP contribution in [0.2, 0.25) is 0 Å². The fraction of sp³-hybridized carbons (Fsp3) is 0.0204. The van der Waals surface area contributed by atoms with Crippen molar-refractivity contribution in [2.45, 2.75) is 16.2 Å². The van der Waals surface area contributed by atoms with Gasteiger partial charge in [0.1, 0.15) is 0 Å². The molecule has 0 bridgehead atoms. The van der Waals surface area contributed by atoms with Gasteiger partial charge in [-0.2, -0.15) is 0 Å². The molecule has 6 aliphatic carbocycles. The summed E-state index contributed by atoms with van der Waals surface area (Å²) in [5.41, 5.74) is 44.7. The number of hydrogen-bond acceptors (Lipinski definition) is 3. The van der Waals surface area contributed by atoms with Crippen LogP contribution in [-0.4, -0.2) is 0 Å². The van der Waals surface area contributed by atoms with Gasteiger partial charge in [0.25, 0.3) is 0 Å². The van der Waals surface area contributed by atoms with E-state index in [1.807, 2.05) is 0 Å². The summed E-state index contributed by atoms with van der Waals surface area (Å²) >= 11 is 0. The number of fused-ring (bicyclic) bond motifs is 39. The van der Waals surface area contributed by atoms with Crippen molar-refractivity contribution in [3.8, 4) is 66.8 Å². The van der Waals surface area contributed by atoms with E-state index in [9.17, 15) is 0 Å². The first-order valence-corrected chi connectivity index (χ1v) is 52.3. The van der Waals surface area contributed by atoms with E-state index in [0.717, 1.165) is 84.6 Å². The minimum atomic E-state index is -0.894. The van der Waals surface area contributed by atoms with E-state index in [4.69, 9.17) is 0 Å². The van der Waals surface area contributed by atoms with E-state index < -0.39 is 16.2 Å². The maximum Gasteiger partial charge on any atom is 0.0731 e. The molecule has 0 radical (unpaired) electrons. The third-order valence-electron chi connectivity index (χ3n) is 33.5. The summed E-state index contributed by atoms with van der Waals surface area (Å²) < 4.78 is 0. The predicted octanol–water partition coefficient (Wildman–Crippen LogP) is 38.6. The first kappa shape index (κ1) is 85.1. The van der Waals surface area contributed by atoms with E-state index >= 15 is 0 Å². The van der Waals surface area contributed by atoms with Gasteiger partial charge in [-0.3, -0.25) is 0 Å². The summed E-state index contributed by atoms with van der Waals surface area (Å²) in [6, 6.07) is 200.